The van der Waals surface area contributed by atoms with Crippen molar-refractivity contribution in [2.75, 3.05) is 5.32 Å². The Morgan fingerprint density at radius 3 is 2.81 bits per heavy atom. The molecule has 31 heavy (non-hydrogen) atoms. The number of anilines is 1. The minimum Gasteiger partial charge on any atom is -0.444 e. The van der Waals surface area contributed by atoms with Crippen molar-refractivity contribution in [3.63, 3.8) is 0 Å². The maximum absolute atomic E-state index is 15.1. The van der Waals surface area contributed by atoms with Gasteiger partial charge in [-0.1, -0.05) is 11.6 Å². The molecule has 0 radical (unpaired) electrons. The van der Waals surface area contributed by atoms with Crippen LogP contribution in [0.3, 0.4) is 0 Å². The number of halogens is 2. The van der Waals surface area contributed by atoms with Gasteiger partial charge < -0.3 is 14.6 Å². The first kappa shape index (κ1) is 21.4. The molecule has 0 bridgehead atoms. The highest BCUT2D eigenvalue weighted by molar-refractivity contribution is 6.31. The molecule has 9 heteroatoms. The Labute approximate surface area is 184 Å². The van der Waals surface area contributed by atoms with Crippen molar-refractivity contribution in [2.45, 2.75) is 57.7 Å². The number of carbonyl (C=O) groups excluding carboxylic acids is 2. The van der Waals surface area contributed by atoms with Crippen LogP contribution < -0.4 is 5.32 Å². The zero-order chi connectivity index (χ0) is 22.3. The standard InChI is InChI=1S/C22H24ClFN4O3/c1-22(2,3)31-21(30)27-15-6-5-14(23)19(24)18(15)12-10-13-4-7-16(20-25-8-9-26-20)28(13)17(29)11-12/h5-6,8-9,11,13,16H,4,7,10H2,1-3H3,(H,25,26)(H,27,30)/t13?,16-/m0/s1. The minimum absolute atomic E-state index is 0.0830. The number of hydrogen-bond donors (Lipinski definition) is 2. The molecule has 2 aliphatic rings. The van der Waals surface area contributed by atoms with Gasteiger partial charge in [0.15, 0.2) is 5.82 Å². The fourth-order valence-electron chi connectivity index (χ4n) is 4.24. The lowest BCUT2D eigenvalue weighted by Crippen LogP contribution is -2.39. The number of nitrogens with zero attached hydrogens (tertiary/aromatic N) is 2. The van der Waals surface area contributed by atoms with Gasteiger partial charge in [-0.25, -0.2) is 14.2 Å². The second-order valence-electron chi connectivity index (χ2n) is 8.75. The summed E-state index contributed by atoms with van der Waals surface area (Å²) < 4.78 is 20.4. The number of aromatic nitrogens is 2. The van der Waals surface area contributed by atoms with E-state index in [0.717, 1.165) is 18.7 Å². The molecule has 1 aromatic heterocycles. The summed E-state index contributed by atoms with van der Waals surface area (Å²) in [7, 11) is 0. The molecule has 2 aromatic rings. The van der Waals surface area contributed by atoms with Gasteiger partial charge in [0, 0.05) is 30.1 Å². The smallest absolute Gasteiger partial charge is 0.412 e. The van der Waals surface area contributed by atoms with Crippen molar-refractivity contribution in [3.05, 3.63) is 52.8 Å². The van der Waals surface area contributed by atoms with Crippen molar-refractivity contribution in [2.24, 2.45) is 0 Å². The number of imidazole rings is 1. The van der Waals surface area contributed by atoms with Crippen LogP contribution in [-0.4, -0.2) is 38.5 Å². The summed E-state index contributed by atoms with van der Waals surface area (Å²) in [5.74, 6) is -0.148. The third-order valence-electron chi connectivity index (χ3n) is 5.40. The van der Waals surface area contributed by atoms with Gasteiger partial charge in [0.1, 0.15) is 11.4 Å². The van der Waals surface area contributed by atoms with Gasteiger partial charge >= 0.3 is 6.09 Å². The van der Waals surface area contributed by atoms with E-state index >= 15 is 4.39 Å². The molecule has 3 heterocycles. The number of H-pyrrole nitrogens is 1. The van der Waals surface area contributed by atoms with E-state index in [1.54, 1.807) is 38.1 Å². The Hall–Kier alpha value is -2.87. The van der Waals surface area contributed by atoms with Gasteiger partial charge in [-0.05, 0) is 57.7 Å². The SMILES string of the molecule is CC(C)(C)OC(=O)Nc1ccc(Cl)c(F)c1C1=CC(=O)N2C(CC[C@H]2c2ncc[nH]2)C1. The van der Waals surface area contributed by atoms with E-state index in [2.05, 4.69) is 15.3 Å². The minimum atomic E-state index is -0.710. The van der Waals surface area contributed by atoms with Gasteiger partial charge in [-0.3, -0.25) is 10.1 Å². The highest BCUT2D eigenvalue weighted by Gasteiger charge is 2.41. The lowest BCUT2D eigenvalue weighted by molar-refractivity contribution is -0.129. The quantitative estimate of drug-likeness (QED) is 0.689. The second-order valence-corrected chi connectivity index (χ2v) is 9.16. The average molecular weight is 447 g/mol. The Balaban J connectivity index is 1.66. The van der Waals surface area contributed by atoms with E-state index in [1.807, 2.05) is 0 Å². The number of fused-ring (bicyclic) bond motifs is 1. The number of carbonyl (C=O) groups is 2. The molecule has 0 saturated carbocycles. The molecule has 1 unspecified atom stereocenters. The van der Waals surface area contributed by atoms with Gasteiger partial charge in [-0.2, -0.15) is 0 Å². The Morgan fingerprint density at radius 1 is 1.35 bits per heavy atom. The number of benzene rings is 1. The Bertz CT molecular complexity index is 1050. The molecule has 1 aromatic carbocycles. The third-order valence-corrected chi connectivity index (χ3v) is 5.69. The molecule has 0 spiro atoms. The predicted octanol–water partition coefficient (Wildman–Crippen LogP) is 5.07. The topological polar surface area (TPSA) is 87.3 Å². The van der Waals surface area contributed by atoms with Crippen LogP contribution in [0.5, 0.6) is 0 Å². The van der Waals surface area contributed by atoms with E-state index in [4.69, 9.17) is 16.3 Å². The number of hydrogen-bond acceptors (Lipinski definition) is 4. The van der Waals surface area contributed by atoms with Crippen LogP contribution >= 0.6 is 11.6 Å². The molecule has 0 aliphatic carbocycles. The monoisotopic (exact) mass is 446 g/mol. The fraction of sp³-hybridized carbons (Fsp3) is 0.409. The third kappa shape index (κ3) is 4.30. The summed E-state index contributed by atoms with van der Waals surface area (Å²) >= 11 is 6.03. The van der Waals surface area contributed by atoms with Crippen LogP contribution in [0.15, 0.2) is 30.6 Å². The molecule has 7 nitrogen and oxygen atoms in total. The molecule has 164 valence electrons. The first-order valence-electron chi connectivity index (χ1n) is 10.1. The van der Waals surface area contributed by atoms with E-state index in [0.29, 0.717) is 12.0 Å². The van der Waals surface area contributed by atoms with Crippen LogP contribution in [0.1, 0.15) is 57.5 Å². The largest absolute Gasteiger partial charge is 0.444 e. The van der Waals surface area contributed by atoms with Crippen LogP contribution in [0.25, 0.3) is 5.57 Å². The maximum atomic E-state index is 15.1. The molecular weight excluding hydrogens is 423 g/mol. The first-order chi connectivity index (χ1) is 14.6. The molecule has 1 saturated heterocycles. The van der Waals surface area contributed by atoms with Crippen LogP contribution in [0.4, 0.5) is 14.9 Å². The lowest BCUT2D eigenvalue weighted by Gasteiger charge is -2.33. The van der Waals surface area contributed by atoms with Crippen molar-refractivity contribution >= 4 is 34.9 Å². The summed E-state index contributed by atoms with van der Waals surface area (Å²) in [5.41, 5.74) is 0.120. The summed E-state index contributed by atoms with van der Waals surface area (Å²) in [4.78, 5) is 34.5. The van der Waals surface area contributed by atoms with E-state index in [1.165, 1.54) is 18.2 Å². The second kappa shape index (κ2) is 8.00. The van der Waals surface area contributed by atoms with Crippen molar-refractivity contribution in [1.29, 1.82) is 0 Å². The number of amides is 2. The molecule has 2 aliphatic heterocycles. The van der Waals surface area contributed by atoms with E-state index in [-0.39, 0.29) is 34.3 Å². The predicted molar refractivity (Wildman–Crippen MR) is 115 cm³/mol. The van der Waals surface area contributed by atoms with E-state index < -0.39 is 17.5 Å². The zero-order valence-electron chi connectivity index (χ0n) is 17.5. The summed E-state index contributed by atoms with van der Waals surface area (Å²) in [6, 6.07) is 2.67. The molecule has 1 fully saturated rings. The van der Waals surface area contributed by atoms with Gasteiger partial charge in [-0.15, -0.1) is 0 Å². The van der Waals surface area contributed by atoms with Crippen molar-refractivity contribution < 1.29 is 18.7 Å². The van der Waals surface area contributed by atoms with Gasteiger partial charge in [0.2, 0.25) is 5.91 Å². The number of nitrogens with one attached hydrogen (secondary N) is 2. The fourth-order valence-corrected chi connectivity index (χ4v) is 4.40. The number of rotatable bonds is 3. The molecule has 2 amide bonds. The Kier molecular flexibility index (Phi) is 5.51. The summed E-state index contributed by atoms with van der Waals surface area (Å²) in [6.07, 6.45) is 6.09. The summed E-state index contributed by atoms with van der Waals surface area (Å²) in [5, 5.41) is 2.51. The maximum Gasteiger partial charge on any atom is 0.412 e. The van der Waals surface area contributed by atoms with E-state index in [9.17, 15) is 9.59 Å². The van der Waals surface area contributed by atoms with Crippen molar-refractivity contribution in [3.8, 4) is 0 Å². The van der Waals surface area contributed by atoms with Crippen LogP contribution in [-0.2, 0) is 9.53 Å². The molecule has 2 N–H and O–H groups in total. The molecule has 4 rings (SSSR count). The Morgan fingerprint density at radius 2 is 2.13 bits per heavy atom. The summed E-state index contributed by atoms with van der Waals surface area (Å²) in [6.45, 7) is 5.22. The highest BCUT2D eigenvalue weighted by Crippen LogP contribution is 2.44. The molecule has 2 atom stereocenters. The highest BCUT2D eigenvalue weighted by atomic mass is 35.5. The van der Waals surface area contributed by atoms with Crippen LogP contribution in [0, 0.1) is 5.82 Å². The van der Waals surface area contributed by atoms with Gasteiger partial charge in [0.05, 0.1) is 16.8 Å². The van der Waals surface area contributed by atoms with Crippen molar-refractivity contribution in [1.82, 2.24) is 14.9 Å². The lowest BCUT2D eigenvalue weighted by atomic mass is 9.92. The first-order valence-corrected chi connectivity index (χ1v) is 10.5. The average Bonchev–Trinajstić information content (AvgIpc) is 3.32. The molecular formula is C22H24ClFN4O3. The zero-order valence-corrected chi connectivity index (χ0v) is 18.3. The van der Waals surface area contributed by atoms with Gasteiger partial charge in [0.25, 0.3) is 0 Å². The van der Waals surface area contributed by atoms with Crippen LogP contribution in [0.2, 0.25) is 5.02 Å². The number of ether oxygens (including phenoxy) is 1. The normalized spacial score (nSPS) is 21.0. The number of aromatic amines is 1.